The number of nitrogens with zero attached hydrogens (tertiary/aromatic N) is 4. The number of alkyl halides is 1. The van der Waals surface area contributed by atoms with Crippen molar-refractivity contribution in [1.29, 1.82) is 5.26 Å². The maximum atomic E-state index is 11.9. The summed E-state index contributed by atoms with van der Waals surface area (Å²) in [5.41, 5.74) is 0.130. The molecular formula is C16H20ClN5O. The Hall–Kier alpha value is -2.26. The number of hydrogen-bond donors (Lipinski definition) is 1. The van der Waals surface area contributed by atoms with Crippen LogP contribution in [0, 0.1) is 11.3 Å². The molecule has 1 saturated heterocycles. The van der Waals surface area contributed by atoms with Gasteiger partial charge in [-0.2, -0.15) is 5.26 Å². The highest BCUT2D eigenvalue weighted by Crippen LogP contribution is 2.13. The van der Waals surface area contributed by atoms with Crippen molar-refractivity contribution >= 4 is 23.3 Å². The van der Waals surface area contributed by atoms with Crippen LogP contribution in [0.1, 0.15) is 6.42 Å². The minimum atomic E-state index is -0.343. The topological polar surface area (TPSA) is 72.3 Å². The summed E-state index contributed by atoms with van der Waals surface area (Å²) in [6.45, 7) is 3.59. The van der Waals surface area contributed by atoms with Crippen LogP contribution in [0.5, 0.6) is 0 Å². The van der Waals surface area contributed by atoms with Gasteiger partial charge < -0.3 is 15.1 Å². The highest BCUT2D eigenvalue weighted by atomic mass is 35.5. The van der Waals surface area contributed by atoms with E-state index in [-0.39, 0.29) is 11.5 Å². The first-order valence-electron chi connectivity index (χ1n) is 7.60. The molecule has 1 aromatic rings. The van der Waals surface area contributed by atoms with Crippen LogP contribution in [0.15, 0.2) is 36.2 Å². The summed E-state index contributed by atoms with van der Waals surface area (Å²) < 4.78 is 0. The van der Waals surface area contributed by atoms with Crippen LogP contribution in [0.4, 0.5) is 5.82 Å². The largest absolute Gasteiger partial charge is 0.373 e. The number of aromatic nitrogens is 1. The molecule has 0 saturated carbocycles. The number of pyridine rings is 1. The molecule has 0 bridgehead atoms. The van der Waals surface area contributed by atoms with Gasteiger partial charge >= 0.3 is 0 Å². The van der Waals surface area contributed by atoms with Gasteiger partial charge in [0.1, 0.15) is 17.5 Å². The molecule has 0 radical (unpaired) electrons. The highest BCUT2D eigenvalue weighted by molar-refractivity contribution is 6.17. The third kappa shape index (κ3) is 5.15. The van der Waals surface area contributed by atoms with Crippen LogP contribution in [0.25, 0.3) is 0 Å². The third-order valence-electron chi connectivity index (χ3n) is 3.56. The van der Waals surface area contributed by atoms with E-state index in [1.807, 2.05) is 29.2 Å². The fourth-order valence-electron chi connectivity index (χ4n) is 2.31. The van der Waals surface area contributed by atoms with Crippen LogP contribution >= 0.6 is 11.6 Å². The van der Waals surface area contributed by atoms with Crippen LogP contribution in [0.2, 0.25) is 0 Å². The highest BCUT2D eigenvalue weighted by Gasteiger charge is 2.17. The molecular weight excluding hydrogens is 314 g/mol. The number of nitrogens with one attached hydrogen (secondary N) is 1. The Bertz CT molecular complexity index is 576. The second-order valence-electron chi connectivity index (χ2n) is 5.16. The van der Waals surface area contributed by atoms with E-state index in [1.54, 1.807) is 12.4 Å². The van der Waals surface area contributed by atoms with Crippen molar-refractivity contribution in [1.82, 2.24) is 15.2 Å². The summed E-state index contributed by atoms with van der Waals surface area (Å²) in [5, 5.41) is 11.9. The van der Waals surface area contributed by atoms with Gasteiger partial charge in [-0.3, -0.25) is 4.79 Å². The van der Waals surface area contributed by atoms with Crippen molar-refractivity contribution in [3.63, 3.8) is 0 Å². The number of anilines is 1. The Labute approximate surface area is 141 Å². The quantitative estimate of drug-likeness (QED) is 0.368. The molecule has 6 nitrogen and oxygen atoms in total. The number of carbonyl (C=O) groups excluding carboxylic acids is 1. The molecule has 0 aliphatic carbocycles. The summed E-state index contributed by atoms with van der Waals surface area (Å²) in [4.78, 5) is 20.4. The number of halogens is 1. The molecule has 1 aliphatic rings. The van der Waals surface area contributed by atoms with Crippen molar-refractivity contribution < 1.29 is 4.79 Å². The van der Waals surface area contributed by atoms with Gasteiger partial charge in [-0.1, -0.05) is 6.07 Å². The van der Waals surface area contributed by atoms with Crippen molar-refractivity contribution in [3.8, 4) is 6.07 Å². The zero-order valence-corrected chi connectivity index (χ0v) is 13.7. The Kier molecular flexibility index (Phi) is 6.70. The minimum Gasteiger partial charge on any atom is -0.373 e. The van der Waals surface area contributed by atoms with E-state index in [2.05, 4.69) is 15.2 Å². The molecule has 0 aromatic carbocycles. The maximum Gasteiger partial charge on any atom is 0.263 e. The molecule has 1 aliphatic heterocycles. The van der Waals surface area contributed by atoms with Gasteiger partial charge in [-0.05, 0) is 18.6 Å². The average molecular weight is 334 g/mol. The smallest absolute Gasteiger partial charge is 0.263 e. The van der Waals surface area contributed by atoms with Crippen molar-refractivity contribution in [2.24, 2.45) is 0 Å². The predicted molar refractivity (Wildman–Crippen MR) is 90.1 cm³/mol. The lowest BCUT2D eigenvalue weighted by Crippen LogP contribution is -2.44. The number of hydrogen-bond acceptors (Lipinski definition) is 5. The first kappa shape index (κ1) is 17.1. The number of carbonyl (C=O) groups is 1. The number of amides is 1. The normalized spacial score (nSPS) is 15.2. The van der Waals surface area contributed by atoms with Gasteiger partial charge in [0.05, 0.1) is 0 Å². The fourth-order valence-corrected chi connectivity index (χ4v) is 2.44. The molecule has 1 aromatic heterocycles. The Balaban J connectivity index is 1.88. The Morgan fingerprint density at radius 3 is 2.78 bits per heavy atom. The molecule has 2 heterocycles. The van der Waals surface area contributed by atoms with Gasteiger partial charge in [0.15, 0.2) is 0 Å². The molecule has 2 rings (SSSR count). The van der Waals surface area contributed by atoms with Crippen LogP contribution in [-0.4, -0.2) is 54.4 Å². The average Bonchev–Trinajstić information content (AvgIpc) is 2.61. The first-order chi connectivity index (χ1) is 11.2. The van der Waals surface area contributed by atoms with E-state index >= 15 is 0 Å². The lowest BCUT2D eigenvalue weighted by atomic mass is 10.2. The van der Waals surface area contributed by atoms with Crippen LogP contribution < -0.4 is 10.2 Å². The molecule has 1 amide bonds. The molecule has 0 unspecified atom stereocenters. The van der Waals surface area contributed by atoms with E-state index in [0.717, 1.165) is 32.0 Å². The monoisotopic (exact) mass is 333 g/mol. The predicted octanol–water partition coefficient (Wildman–Crippen LogP) is 1.36. The third-order valence-corrected chi connectivity index (χ3v) is 3.83. The van der Waals surface area contributed by atoms with E-state index < -0.39 is 0 Å². The maximum absolute atomic E-state index is 11.9. The van der Waals surface area contributed by atoms with Crippen LogP contribution in [-0.2, 0) is 4.79 Å². The summed E-state index contributed by atoms with van der Waals surface area (Å²) >= 11 is 5.57. The number of piperazine rings is 1. The summed E-state index contributed by atoms with van der Waals surface area (Å²) in [6, 6.07) is 7.81. The molecule has 7 heteroatoms. The summed E-state index contributed by atoms with van der Waals surface area (Å²) in [5.74, 6) is 1.10. The van der Waals surface area contributed by atoms with Gasteiger partial charge in [0.25, 0.3) is 5.91 Å². The fraction of sp³-hybridized carbons (Fsp3) is 0.438. The second kappa shape index (κ2) is 9.01. The van der Waals surface area contributed by atoms with E-state index in [9.17, 15) is 4.79 Å². The number of nitriles is 1. The summed E-state index contributed by atoms with van der Waals surface area (Å²) in [6.07, 6.45) is 4.11. The van der Waals surface area contributed by atoms with Gasteiger partial charge in [-0.25, -0.2) is 4.98 Å². The van der Waals surface area contributed by atoms with Gasteiger partial charge in [0.2, 0.25) is 0 Å². The summed E-state index contributed by atoms with van der Waals surface area (Å²) in [7, 11) is 0. The molecule has 122 valence electrons. The SMILES string of the molecule is N#C/C(=C/N1CCN(c2ccccn2)CC1)C(=O)NCCCCl. The Morgan fingerprint density at radius 1 is 1.39 bits per heavy atom. The van der Waals surface area contributed by atoms with E-state index in [0.29, 0.717) is 18.8 Å². The standard InChI is InChI=1S/C16H20ClN5O/c17-5-3-7-20-16(23)14(12-18)13-21-8-10-22(11-9-21)15-4-1-2-6-19-15/h1-2,4,6,13H,3,5,7-11H2,(H,20,23)/b14-13-. The zero-order chi connectivity index (χ0) is 16.5. The van der Waals surface area contributed by atoms with Crippen molar-refractivity contribution in [3.05, 3.63) is 36.2 Å². The van der Waals surface area contributed by atoms with Gasteiger partial charge in [0, 0.05) is 51.0 Å². The molecule has 1 fully saturated rings. The van der Waals surface area contributed by atoms with Crippen molar-refractivity contribution in [2.45, 2.75) is 6.42 Å². The molecule has 1 N–H and O–H groups in total. The van der Waals surface area contributed by atoms with Crippen LogP contribution in [0.3, 0.4) is 0 Å². The number of rotatable bonds is 6. The second-order valence-corrected chi connectivity index (χ2v) is 5.54. The van der Waals surface area contributed by atoms with Gasteiger partial charge in [-0.15, -0.1) is 11.6 Å². The lowest BCUT2D eigenvalue weighted by Gasteiger charge is -2.34. The molecule has 23 heavy (non-hydrogen) atoms. The zero-order valence-electron chi connectivity index (χ0n) is 12.9. The lowest BCUT2D eigenvalue weighted by molar-refractivity contribution is -0.117. The van der Waals surface area contributed by atoms with E-state index in [1.165, 1.54) is 0 Å². The molecule has 0 atom stereocenters. The van der Waals surface area contributed by atoms with Crippen molar-refractivity contribution in [2.75, 3.05) is 43.5 Å². The minimum absolute atomic E-state index is 0.130. The van der Waals surface area contributed by atoms with E-state index in [4.69, 9.17) is 16.9 Å². The molecule has 0 spiro atoms. The first-order valence-corrected chi connectivity index (χ1v) is 8.14. The Morgan fingerprint density at radius 2 is 2.17 bits per heavy atom.